The van der Waals surface area contributed by atoms with Gasteiger partial charge >= 0.3 is 6.18 Å². The first-order valence-electron chi connectivity index (χ1n) is 5.32. The van der Waals surface area contributed by atoms with Crippen molar-refractivity contribution in [2.45, 2.75) is 38.5 Å². The fraction of sp³-hybridized carbons (Fsp3) is 0.900. The highest BCUT2D eigenvalue weighted by Gasteiger charge is 2.32. The molecule has 1 heterocycles. The van der Waals surface area contributed by atoms with Crippen LogP contribution in [0.15, 0.2) is 0 Å². The number of aliphatic hydroxyl groups is 1. The van der Waals surface area contributed by atoms with Crippen molar-refractivity contribution in [3.05, 3.63) is 0 Å². The molecule has 3 nitrogen and oxygen atoms in total. The van der Waals surface area contributed by atoms with Gasteiger partial charge in [0.1, 0.15) is 0 Å². The summed E-state index contributed by atoms with van der Waals surface area (Å²) < 4.78 is 35.7. The molecular weight excluding hydrogens is 223 g/mol. The SMILES string of the molecule is CC(O)C1CCN(C(=O)CCC(F)(F)F)C1. The van der Waals surface area contributed by atoms with E-state index < -0.39 is 31.0 Å². The lowest BCUT2D eigenvalue weighted by Gasteiger charge is -2.18. The Morgan fingerprint density at radius 2 is 2.19 bits per heavy atom. The zero-order chi connectivity index (χ0) is 12.3. The van der Waals surface area contributed by atoms with Crippen LogP contribution in [0.5, 0.6) is 0 Å². The van der Waals surface area contributed by atoms with E-state index in [0.717, 1.165) is 0 Å². The van der Waals surface area contributed by atoms with Gasteiger partial charge in [0.05, 0.1) is 12.5 Å². The normalized spacial score (nSPS) is 23.6. The molecule has 1 aliphatic rings. The largest absolute Gasteiger partial charge is 0.393 e. The van der Waals surface area contributed by atoms with Gasteiger partial charge in [0.25, 0.3) is 0 Å². The maximum atomic E-state index is 11.9. The lowest BCUT2D eigenvalue weighted by molar-refractivity contribution is -0.148. The van der Waals surface area contributed by atoms with E-state index in [1.165, 1.54) is 4.90 Å². The lowest BCUT2D eigenvalue weighted by atomic mass is 10.0. The summed E-state index contributed by atoms with van der Waals surface area (Å²) in [4.78, 5) is 12.8. The standard InChI is InChI=1S/C10H16F3NO2/c1-7(15)8-3-5-14(6-8)9(16)2-4-10(11,12)13/h7-8,15H,2-6H2,1H3. The van der Waals surface area contributed by atoms with Crippen LogP contribution in [0.1, 0.15) is 26.2 Å². The van der Waals surface area contributed by atoms with Crippen LogP contribution in [0.4, 0.5) is 13.2 Å². The van der Waals surface area contributed by atoms with Crippen LogP contribution in [0.2, 0.25) is 0 Å². The Labute approximate surface area is 92.2 Å². The molecule has 1 rings (SSSR count). The number of carbonyl (C=O) groups is 1. The van der Waals surface area contributed by atoms with Crippen LogP contribution in [-0.4, -0.2) is 41.3 Å². The van der Waals surface area contributed by atoms with Crippen molar-refractivity contribution in [1.82, 2.24) is 4.90 Å². The van der Waals surface area contributed by atoms with E-state index in [9.17, 15) is 23.1 Å². The van der Waals surface area contributed by atoms with Crippen molar-refractivity contribution >= 4 is 5.91 Å². The summed E-state index contributed by atoms with van der Waals surface area (Å²) >= 11 is 0. The van der Waals surface area contributed by atoms with Gasteiger partial charge in [0.2, 0.25) is 5.91 Å². The van der Waals surface area contributed by atoms with E-state index in [1.54, 1.807) is 6.92 Å². The Hall–Kier alpha value is -0.780. The maximum Gasteiger partial charge on any atom is 0.389 e. The van der Waals surface area contributed by atoms with Crippen LogP contribution in [-0.2, 0) is 4.79 Å². The molecule has 2 unspecified atom stereocenters. The molecule has 1 amide bonds. The smallest absolute Gasteiger partial charge is 0.389 e. The number of halogens is 3. The second-order valence-electron chi connectivity index (χ2n) is 4.24. The van der Waals surface area contributed by atoms with E-state index in [-0.39, 0.29) is 5.92 Å². The van der Waals surface area contributed by atoms with E-state index in [1.807, 2.05) is 0 Å². The number of likely N-dealkylation sites (tertiary alicyclic amines) is 1. The first kappa shape index (κ1) is 13.3. The molecule has 1 aliphatic heterocycles. The Kier molecular flexibility index (Phi) is 4.18. The Morgan fingerprint density at radius 3 is 2.62 bits per heavy atom. The van der Waals surface area contributed by atoms with E-state index in [0.29, 0.717) is 19.5 Å². The number of rotatable bonds is 3. The summed E-state index contributed by atoms with van der Waals surface area (Å²) in [6.07, 6.45) is -5.69. The second kappa shape index (κ2) is 5.03. The third-order valence-electron chi connectivity index (χ3n) is 2.88. The van der Waals surface area contributed by atoms with Gasteiger partial charge in [-0.2, -0.15) is 13.2 Å². The first-order valence-corrected chi connectivity index (χ1v) is 5.32. The van der Waals surface area contributed by atoms with Crippen LogP contribution in [0, 0.1) is 5.92 Å². The number of aliphatic hydroxyl groups excluding tert-OH is 1. The van der Waals surface area contributed by atoms with Gasteiger partial charge in [-0.1, -0.05) is 0 Å². The summed E-state index contributed by atoms with van der Waals surface area (Å²) in [5, 5.41) is 9.29. The molecule has 0 spiro atoms. The Bertz CT molecular complexity index is 253. The predicted molar refractivity (Wildman–Crippen MR) is 51.7 cm³/mol. The summed E-state index contributed by atoms with van der Waals surface area (Å²) in [7, 11) is 0. The quantitative estimate of drug-likeness (QED) is 0.812. The Balaban J connectivity index is 2.34. The third kappa shape index (κ3) is 4.00. The topological polar surface area (TPSA) is 40.5 Å². The predicted octanol–water partition coefficient (Wildman–Crippen LogP) is 1.56. The fourth-order valence-corrected chi connectivity index (χ4v) is 1.81. The number of hydrogen-bond acceptors (Lipinski definition) is 2. The molecule has 0 aromatic carbocycles. The van der Waals surface area contributed by atoms with Crippen molar-refractivity contribution in [1.29, 1.82) is 0 Å². The molecule has 6 heteroatoms. The summed E-state index contributed by atoms with van der Waals surface area (Å²) in [6.45, 7) is 2.45. The molecule has 0 bridgehead atoms. The molecule has 1 N–H and O–H groups in total. The fourth-order valence-electron chi connectivity index (χ4n) is 1.81. The van der Waals surface area contributed by atoms with Gasteiger partial charge in [-0.25, -0.2) is 0 Å². The minimum Gasteiger partial charge on any atom is -0.393 e. The number of alkyl halides is 3. The van der Waals surface area contributed by atoms with Gasteiger partial charge < -0.3 is 10.0 Å². The Morgan fingerprint density at radius 1 is 1.56 bits per heavy atom. The highest BCUT2D eigenvalue weighted by molar-refractivity contribution is 5.76. The van der Waals surface area contributed by atoms with Crippen LogP contribution in [0.25, 0.3) is 0 Å². The summed E-state index contributed by atoms with van der Waals surface area (Å²) in [6, 6.07) is 0. The van der Waals surface area contributed by atoms with Crippen LogP contribution in [0.3, 0.4) is 0 Å². The van der Waals surface area contributed by atoms with Crippen molar-refractivity contribution in [3.63, 3.8) is 0 Å². The van der Waals surface area contributed by atoms with Gasteiger partial charge in [-0.15, -0.1) is 0 Å². The number of nitrogens with zero attached hydrogens (tertiary/aromatic N) is 1. The average molecular weight is 239 g/mol. The van der Waals surface area contributed by atoms with E-state index in [4.69, 9.17) is 0 Å². The van der Waals surface area contributed by atoms with Gasteiger partial charge in [-0.3, -0.25) is 4.79 Å². The van der Waals surface area contributed by atoms with Crippen molar-refractivity contribution < 1.29 is 23.1 Å². The van der Waals surface area contributed by atoms with Crippen molar-refractivity contribution in [2.24, 2.45) is 5.92 Å². The molecule has 2 atom stereocenters. The number of amides is 1. The maximum absolute atomic E-state index is 11.9. The van der Waals surface area contributed by atoms with E-state index >= 15 is 0 Å². The number of hydrogen-bond donors (Lipinski definition) is 1. The second-order valence-corrected chi connectivity index (χ2v) is 4.24. The van der Waals surface area contributed by atoms with Gasteiger partial charge in [-0.05, 0) is 13.3 Å². The molecular formula is C10H16F3NO2. The molecule has 94 valence electrons. The molecule has 0 aromatic rings. The van der Waals surface area contributed by atoms with Crippen molar-refractivity contribution in [2.75, 3.05) is 13.1 Å². The summed E-state index contributed by atoms with van der Waals surface area (Å²) in [5.41, 5.74) is 0. The monoisotopic (exact) mass is 239 g/mol. The minimum atomic E-state index is -4.28. The zero-order valence-corrected chi connectivity index (χ0v) is 9.13. The first-order chi connectivity index (χ1) is 7.29. The highest BCUT2D eigenvalue weighted by atomic mass is 19.4. The van der Waals surface area contributed by atoms with Gasteiger partial charge in [0, 0.05) is 25.4 Å². The molecule has 1 saturated heterocycles. The average Bonchev–Trinajstić information content (AvgIpc) is 2.61. The molecule has 16 heavy (non-hydrogen) atoms. The highest BCUT2D eigenvalue weighted by Crippen LogP contribution is 2.24. The molecule has 0 aromatic heterocycles. The minimum absolute atomic E-state index is 0.00478. The molecule has 0 aliphatic carbocycles. The van der Waals surface area contributed by atoms with Crippen molar-refractivity contribution in [3.8, 4) is 0 Å². The van der Waals surface area contributed by atoms with Gasteiger partial charge in [0.15, 0.2) is 0 Å². The summed E-state index contributed by atoms with van der Waals surface area (Å²) in [5.74, 6) is -0.477. The van der Waals surface area contributed by atoms with Crippen LogP contribution < -0.4 is 0 Å². The van der Waals surface area contributed by atoms with E-state index in [2.05, 4.69) is 0 Å². The lowest BCUT2D eigenvalue weighted by Crippen LogP contribution is -2.31. The number of carbonyl (C=O) groups excluding carboxylic acids is 1. The third-order valence-corrected chi connectivity index (χ3v) is 2.88. The zero-order valence-electron chi connectivity index (χ0n) is 9.13. The molecule has 0 radical (unpaired) electrons. The molecule has 0 saturated carbocycles. The van der Waals surface area contributed by atoms with Crippen LogP contribution >= 0.6 is 0 Å². The molecule has 1 fully saturated rings.